The Labute approximate surface area is 174 Å². The number of ether oxygens (including phenoxy) is 1. The highest BCUT2D eigenvalue weighted by molar-refractivity contribution is 7.91. The Bertz CT molecular complexity index is 1020. The summed E-state index contributed by atoms with van der Waals surface area (Å²) in [5.41, 5.74) is 1.49. The predicted octanol–water partition coefficient (Wildman–Crippen LogP) is 1.70. The smallest absolute Gasteiger partial charge is 0.343 e. The van der Waals surface area contributed by atoms with Crippen molar-refractivity contribution in [1.29, 1.82) is 0 Å². The Balaban J connectivity index is 1.63. The van der Waals surface area contributed by atoms with Gasteiger partial charge in [0.15, 0.2) is 16.4 Å². The van der Waals surface area contributed by atoms with Gasteiger partial charge in [-0.1, -0.05) is 41.9 Å². The summed E-state index contributed by atoms with van der Waals surface area (Å²) in [6, 6.07) is 9.13. The van der Waals surface area contributed by atoms with E-state index in [1.807, 2.05) is 30.3 Å². The molecule has 29 heavy (non-hydrogen) atoms. The molecule has 0 N–H and O–H groups in total. The van der Waals surface area contributed by atoms with Gasteiger partial charge in [-0.25, -0.2) is 17.9 Å². The van der Waals surface area contributed by atoms with Crippen LogP contribution in [0.2, 0.25) is 5.15 Å². The molecule has 156 valence electrons. The van der Waals surface area contributed by atoms with Crippen LogP contribution in [0.25, 0.3) is 0 Å². The Hall–Kier alpha value is -2.39. The Morgan fingerprint density at radius 2 is 2.00 bits per heavy atom. The first-order valence-electron chi connectivity index (χ1n) is 9.08. The van der Waals surface area contributed by atoms with Crippen LogP contribution in [0.3, 0.4) is 0 Å². The predicted molar refractivity (Wildman–Crippen MR) is 108 cm³/mol. The third kappa shape index (κ3) is 4.97. The number of amides is 1. The number of nitrogens with zero attached hydrogens (tertiary/aromatic N) is 3. The maximum Gasteiger partial charge on any atom is 0.343 e. The fourth-order valence-corrected chi connectivity index (χ4v) is 5.32. The number of esters is 1. The molecular weight excluding hydrogens is 418 g/mol. The van der Waals surface area contributed by atoms with Gasteiger partial charge in [0.25, 0.3) is 5.91 Å². The normalized spacial score (nSPS) is 17.8. The largest absolute Gasteiger partial charge is 0.452 e. The van der Waals surface area contributed by atoms with Gasteiger partial charge >= 0.3 is 5.97 Å². The molecule has 8 nitrogen and oxygen atoms in total. The molecule has 0 aliphatic carbocycles. The number of rotatable bonds is 6. The molecule has 0 unspecified atom stereocenters. The number of hydrogen-bond donors (Lipinski definition) is 0. The molecule has 1 amide bonds. The molecule has 3 rings (SSSR count). The summed E-state index contributed by atoms with van der Waals surface area (Å²) >= 11 is 6.32. The number of benzene rings is 1. The number of likely N-dealkylation sites (N-methyl/N-ethyl adjacent to an activating group) is 1. The minimum absolute atomic E-state index is 0.0600. The number of aromatic nitrogens is 2. The highest BCUT2D eigenvalue weighted by Crippen LogP contribution is 2.22. The summed E-state index contributed by atoms with van der Waals surface area (Å²) in [7, 11) is -1.60. The number of hydrogen-bond acceptors (Lipinski definition) is 6. The Morgan fingerprint density at radius 1 is 1.31 bits per heavy atom. The number of aryl methyl sites for hydroxylation is 1. The average Bonchev–Trinajstić information content (AvgIpc) is 3.18. The van der Waals surface area contributed by atoms with Crippen molar-refractivity contribution in [3.63, 3.8) is 0 Å². The van der Waals surface area contributed by atoms with Gasteiger partial charge in [-0.3, -0.25) is 4.79 Å². The maximum absolute atomic E-state index is 12.5. The second-order valence-electron chi connectivity index (χ2n) is 7.03. The summed E-state index contributed by atoms with van der Waals surface area (Å²) in [4.78, 5) is 26.1. The van der Waals surface area contributed by atoms with Gasteiger partial charge in [0, 0.05) is 13.1 Å². The molecule has 1 aromatic heterocycles. The molecule has 0 bridgehead atoms. The van der Waals surface area contributed by atoms with E-state index in [1.54, 1.807) is 6.92 Å². The third-order valence-corrected chi connectivity index (χ3v) is 7.06. The van der Waals surface area contributed by atoms with E-state index in [-0.39, 0.29) is 22.2 Å². The maximum atomic E-state index is 12.5. The van der Waals surface area contributed by atoms with Gasteiger partial charge in [0.05, 0.1) is 23.7 Å². The van der Waals surface area contributed by atoms with Crippen molar-refractivity contribution in [2.24, 2.45) is 0 Å². The summed E-state index contributed by atoms with van der Waals surface area (Å²) in [5.74, 6) is -1.22. The van der Waals surface area contributed by atoms with Crippen LogP contribution in [-0.4, -0.2) is 66.2 Å². The molecule has 1 aliphatic rings. The first-order chi connectivity index (χ1) is 13.7. The first kappa shape index (κ1) is 21.3. The summed E-state index contributed by atoms with van der Waals surface area (Å²) < 4.78 is 29.8. The quantitative estimate of drug-likeness (QED) is 0.635. The molecule has 1 aromatic carbocycles. The first-order valence-corrected chi connectivity index (χ1v) is 11.3. The number of halogens is 1. The van der Waals surface area contributed by atoms with E-state index in [0.29, 0.717) is 18.7 Å². The lowest BCUT2D eigenvalue weighted by Gasteiger charge is -2.23. The van der Waals surface area contributed by atoms with E-state index in [9.17, 15) is 18.0 Å². The Morgan fingerprint density at radius 3 is 2.62 bits per heavy atom. The molecular formula is C19H22ClN3O5S. The van der Waals surface area contributed by atoms with E-state index >= 15 is 0 Å². The van der Waals surface area contributed by atoms with Crippen molar-refractivity contribution >= 4 is 33.3 Å². The fraction of sp³-hybridized carbons (Fsp3) is 0.421. The molecule has 0 radical (unpaired) electrons. The monoisotopic (exact) mass is 439 g/mol. The molecule has 1 fully saturated rings. The third-order valence-electron chi connectivity index (χ3n) is 4.92. The zero-order chi connectivity index (χ0) is 21.2. The second-order valence-corrected chi connectivity index (χ2v) is 9.62. The van der Waals surface area contributed by atoms with Crippen molar-refractivity contribution in [1.82, 2.24) is 14.7 Å². The summed E-state index contributed by atoms with van der Waals surface area (Å²) in [6.45, 7) is 1.54. The standard InChI is InChI=1S/C19H22ClN3O5S/c1-13-17(18(20)23(21-13)10-14-6-4-3-5-7-14)19(25)28-11-16(24)22(2)15-8-9-29(26,27)12-15/h3-7,15H,8-12H2,1-2H3/t15-/m1/s1. The molecule has 1 aliphatic heterocycles. The second kappa shape index (κ2) is 8.54. The van der Waals surface area contributed by atoms with Crippen molar-refractivity contribution in [3.05, 3.63) is 52.3 Å². The fourth-order valence-electron chi connectivity index (χ4n) is 3.23. The van der Waals surface area contributed by atoms with Crippen LogP contribution in [0.4, 0.5) is 0 Å². The molecule has 2 aromatic rings. The molecule has 1 saturated heterocycles. The zero-order valence-electron chi connectivity index (χ0n) is 16.2. The van der Waals surface area contributed by atoms with Crippen LogP contribution in [0, 0.1) is 6.92 Å². The van der Waals surface area contributed by atoms with E-state index in [4.69, 9.17) is 16.3 Å². The van der Waals surface area contributed by atoms with Gasteiger partial charge in [-0.05, 0) is 18.9 Å². The van der Waals surface area contributed by atoms with Crippen molar-refractivity contribution in [2.75, 3.05) is 25.2 Å². The van der Waals surface area contributed by atoms with Crippen molar-refractivity contribution < 1.29 is 22.7 Å². The van der Waals surface area contributed by atoms with Crippen LogP contribution >= 0.6 is 11.6 Å². The number of carbonyl (C=O) groups excluding carboxylic acids is 2. The molecule has 0 spiro atoms. The molecule has 2 heterocycles. The minimum Gasteiger partial charge on any atom is -0.452 e. The average molecular weight is 440 g/mol. The van der Waals surface area contributed by atoms with Gasteiger partial charge in [-0.2, -0.15) is 5.10 Å². The number of carbonyl (C=O) groups is 2. The lowest BCUT2D eigenvalue weighted by atomic mass is 10.2. The van der Waals surface area contributed by atoms with Crippen molar-refractivity contribution in [2.45, 2.75) is 25.9 Å². The van der Waals surface area contributed by atoms with Crippen molar-refractivity contribution in [3.8, 4) is 0 Å². The molecule has 0 saturated carbocycles. The van der Waals surface area contributed by atoms with Crippen LogP contribution in [0.5, 0.6) is 0 Å². The summed E-state index contributed by atoms with van der Waals surface area (Å²) in [6.07, 6.45) is 0.385. The summed E-state index contributed by atoms with van der Waals surface area (Å²) in [5, 5.41) is 4.43. The highest BCUT2D eigenvalue weighted by Gasteiger charge is 2.33. The lowest BCUT2D eigenvalue weighted by Crippen LogP contribution is -2.40. The van der Waals surface area contributed by atoms with E-state index in [2.05, 4.69) is 5.10 Å². The molecule has 1 atom stereocenters. The van der Waals surface area contributed by atoms with E-state index in [0.717, 1.165) is 5.56 Å². The minimum atomic E-state index is -3.11. The van der Waals surface area contributed by atoms with Crippen LogP contribution < -0.4 is 0 Å². The van der Waals surface area contributed by atoms with Gasteiger partial charge in [0.1, 0.15) is 10.7 Å². The Kier molecular flexibility index (Phi) is 6.28. The zero-order valence-corrected chi connectivity index (χ0v) is 17.7. The molecule has 10 heteroatoms. The lowest BCUT2D eigenvalue weighted by molar-refractivity contribution is -0.134. The van der Waals surface area contributed by atoms with Gasteiger partial charge < -0.3 is 9.64 Å². The van der Waals surface area contributed by atoms with E-state index < -0.39 is 34.4 Å². The van der Waals surface area contributed by atoms with Gasteiger partial charge in [0.2, 0.25) is 0 Å². The topological polar surface area (TPSA) is 98.6 Å². The van der Waals surface area contributed by atoms with Crippen LogP contribution in [0.15, 0.2) is 30.3 Å². The highest BCUT2D eigenvalue weighted by atomic mass is 35.5. The van der Waals surface area contributed by atoms with Crippen LogP contribution in [0.1, 0.15) is 28.0 Å². The van der Waals surface area contributed by atoms with Gasteiger partial charge in [-0.15, -0.1) is 0 Å². The van der Waals surface area contributed by atoms with Crippen LogP contribution in [-0.2, 0) is 25.9 Å². The van der Waals surface area contributed by atoms with E-state index in [1.165, 1.54) is 16.6 Å². The SMILES string of the molecule is Cc1nn(Cc2ccccc2)c(Cl)c1C(=O)OCC(=O)N(C)[C@@H]1CCS(=O)(=O)C1. The number of sulfone groups is 1.